The number of anilines is 1. The average Bonchev–Trinajstić information content (AvgIpc) is 3.95. The molecule has 0 bridgehead atoms. The van der Waals surface area contributed by atoms with Crippen molar-refractivity contribution in [1.82, 2.24) is 29.9 Å². The maximum atomic E-state index is 15.7. The van der Waals surface area contributed by atoms with Gasteiger partial charge in [-0.2, -0.15) is 14.6 Å². The van der Waals surface area contributed by atoms with Gasteiger partial charge in [0, 0.05) is 50.5 Å². The zero-order valence-electron chi connectivity index (χ0n) is 29.5. The molecule has 0 radical (unpaired) electrons. The SMILES string of the molecule is CCc1c(-c2ccc(NC(=O)[C@@H](NC(=O)c3ccnn3CCCS(C)(=O)=O)C(C3CC3)C3CC3)nc2F)c(C)nn1COCC[Si](C)(C)C. The van der Waals surface area contributed by atoms with Gasteiger partial charge in [0.15, 0.2) is 0 Å². The molecule has 15 heteroatoms. The fourth-order valence-corrected chi connectivity index (χ4v) is 7.90. The van der Waals surface area contributed by atoms with Gasteiger partial charge in [0.1, 0.15) is 34.1 Å². The highest BCUT2D eigenvalue weighted by molar-refractivity contribution is 7.90. The van der Waals surface area contributed by atoms with Crippen LogP contribution in [-0.2, 0) is 39.1 Å². The van der Waals surface area contributed by atoms with Crippen LogP contribution < -0.4 is 10.6 Å². The molecule has 1 atom stereocenters. The summed E-state index contributed by atoms with van der Waals surface area (Å²) in [5.41, 5.74) is 2.72. The summed E-state index contributed by atoms with van der Waals surface area (Å²) < 4.78 is 48.1. The van der Waals surface area contributed by atoms with E-state index in [1.807, 2.05) is 13.8 Å². The first kappa shape index (κ1) is 36.8. The Morgan fingerprint density at radius 2 is 1.80 bits per heavy atom. The summed E-state index contributed by atoms with van der Waals surface area (Å²) in [5.74, 6) is -1.03. The lowest BCUT2D eigenvalue weighted by molar-refractivity contribution is -0.119. The van der Waals surface area contributed by atoms with Crippen molar-refractivity contribution < 1.29 is 27.1 Å². The summed E-state index contributed by atoms with van der Waals surface area (Å²) in [4.78, 5) is 31.6. The number of halogens is 1. The van der Waals surface area contributed by atoms with Gasteiger partial charge in [-0.05, 0) is 87.4 Å². The fourth-order valence-electron chi connectivity index (χ4n) is 6.49. The molecule has 0 saturated heterocycles. The van der Waals surface area contributed by atoms with E-state index in [-0.39, 0.29) is 36.5 Å². The molecule has 5 rings (SSSR count). The van der Waals surface area contributed by atoms with E-state index in [4.69, 9.17) is 4.74 Å². The standard InChI is InChI=1S/C34H50FN7O5SSi/c1-7-26-29(22(2)40-42(26)21-47-18-20-49(4,5)6)25-13-14-28(37-32(25)35)38-34(44)31(30(23-9-10-23)24-11-12-24)39-33(43)27-15-16-36-41(27)17-8-19-48(3,45)46/h13-16,23-24,30-31H,7-12,17-21H2,1-6H3,(H,39,43)(H,37,38,44)/t31-/m0/s1. The number of rotatable bonds is 18. The maximum Gasteiger partial charge on any atom is 0.270 e. The van der Waals surface area contributed by atoms with Gasteiger partial charge in [0.2, 0.25) is 11.9 Å². The van der Waals surface area contributed by atoms with Crippen molar-refractivity contribution in [3.05, 3.63) is 47.4 Å². The van der Waals surface area contributed by atoms with Crippen molar-refractivity contribution in [2.24, 2.45) is 17.8 Å². The summed E-state index contributed by atoms with van der Waals surface area (Å²) in [5, 5.41) is 14.6. The second-order valence-electron chi connectivity index (χ2n) is 14.8. The van der Waals surface area contributed by atoms with Crippen molar-refractivity contribution in [3.8, 4) is 11.1 Å². The third-order valence-corrected chi connectivity index (χ3v) is 12.0. The molecule has 3 aromatic heterocycles. The van der Waals surface area contributed by atoms with E-state index in [0.29, 0.717) is 48.1 Å². The number of nitrogens with one attached hydrogen (secondary N) is 2. The normalized spacial score (nSPS) is 15.8. The monoisotopic (exact) mass is 715 g/mol. The molecular formula is C34H50FN7O5SSi. The fraction of sp³-hybridized carbons (Fsp3) is 0.618. The molecule has 268 valence electrons. The first-order valence-corrected chi connectivity index (χ1v) is 23.0. The Morgan fingerprint density at radius 1 is 1.10 bits per heavy atom. The molecule has 0 unspecified atom stereocenters. The second kappa shape index (κ2) is 15.2. The molecule has 0 aromatic carbocycles. The molecule has 2 fully saturated rings. The van der Waals surface area contributed by atoms with Crippen LogP contribution >= 0.6 is 0 Å². The summed E-state index contributed by atoms with van der Waals surface area (Å²) in [6.07, 6.45) is 7.52. The van der Waals surface area contributed by atoms with Crippen molar-refractivity contribution in [3.63, 3.8) is 0 Å². The van der Waals surface area contributed by atoms with Gasteiger partial charge < -0.3 is 15.4 Å². The minimum atomic E-state index is -3.16. The van der Waals surface area contributed by atoms with Crippen LogP contribution in [0.4, 0.5) is 10.2 Å². The quantitative estimate of drug-likeness (QED) is 0.105. The van der Waals surface area contributed by atoms with E-state index in [9.17, 15) is 18.0 Å². The molecule has 49 heavy (non-hydrogen) atoms. The van der Waals surface area contributed by atoms with Crippen LogP contribution in [0.25, 0.3) is 11.1 Å². The molecule has 3 heterocycles. The van der Waals surface area contributed by atoms with E-state index < -0.39 is 41.7 Å². The minimum absolute atomic E-state index is 0.0262. The molecule has 2 amide bonds. The molecular weight excluding hydrogens is 666 g/mol. The molecule has 2 aliphatic rings. The van der Waals surface area contributed by atoms with Gasteiger partial charge in [-0.3, -0.25) is 14.3 Å². The molecule has 3 aromatic rings. The van der Waals surface area contributed by atoms with Crippen LogP contribution in [0.15, 0.2) is 24.4 Å². The van der Waals surface area contributed by atoms with Crippen molar-refractivity contribution in [2.75, 3.05) is 23.9 Å². The Morgan fingerprint density at radius 3 is 2.39 bits per heavy atom. The van der Waals surface area contributed by atoms with Gasteiger partial charge in [-0.15, -0.1) is 0 Å². The number of pyridine rings is 1. The van der Waals surface area contributed by atoms with Gasteiger partial charge in [0.05, 0.1) is 11.4 Å². The van der Waals surface area contributed by atoms with E-state index >= 15 is 4.39 Å². The summed E-state index contributed by atoms with van der Waals surface area (Å²) in [6.45, 7) is 11.9. The van der Waals surface area contributed by atoms with Crippen LogP contribution in [-0.4, -0.2) is 77.5 Å². The van der Waals surface area contributed by atoms with Crippen molar-refractivity contribution in [2.45, 2.75) is 97.4 Å². The molecule has 2 aliphatic carbocycles. The highest BCUT2D eigenvalue weighted by Crippen LogP contribution is 2.51. The zero-order chi connectivity index (χ0) is 35.5. The summed E-state index contributed by atoms with van der Waals surface area (Å²) >= 11 is 0. The molecule has 0 aliphatic heterocycles. The second-order valence-corrected chi connectivity index (χ2v) is 22.6. The number of carbonyl (C=O) groups excluding carboxylic acids is 2. The van der Waals surface area contributed by atoms with Crippen LogP contribution in [0.5, 0.6) is 0 Å². The first-order chi connectivity index (χ1) is 23.1. The third-order valence-electron chi connectivity index (χ3n) is 9.27. The number of nitrogens with zero attached hydrogens (tertiary/aromatic N) is 5. The maximum absolute atomic E-state index is 15.7. The highest BCUT2D eigenvalue weighted by Gasteiger charge is 2.48. The van der Waals surface area contributed by atoms with E-state index in [1.165, 1.54) is 17.1 Å². The lowest BCUT2D eigenvalue weighted by Crippen LogP contribution is -2.50. The molecule has 0 spiro atoms. The van der Waals surface area contributed by atoms with E-state index in [0.717, 1.165) is 37.4 Å². The highest BCUT2D eigenvalue weighted by atomic mass is 32.2. The van der Waals surface area contributed by atoms with Gasteiger partial charge in [0.25, 0.3) is 5.91 Å². The van der Waals surface area contributed by atoms with E-state index in [2.05, 4.69) is 45.5 Å². The average molecular weight is 716 g/mol. The number of ether oxygens (including phenoxy) is 1. The van der Waals surface area contributed by atoms with Gasteiger partial charge in [-0.1, -0.05) is 26.6 Å². The number of aryl methyl sites for hydroxylation is 2. The first-order valence-electron chi connectivity index (χ1n) is 17.3. The van der Waals surface area contributed by atoms with Crippen LogP contribution in [0, 0.1) is 30.6 Å². The largest absolute Gasteiger partial charge is 0.360 e. The number of aromatic nitrogens is 5. The van der Waals surface area contributed by atoms with Crippen LogP contribution in [0.2, 0.25) is 25.7 Å². The van der Waals surface area contributed by atoms with Crippen molar-refractivity contribution >= 4 is 35.5 Å². The van der Waals surface area contributed by atoms with Crippen molar-refractivity contribution in [1.29, 1.82) is 0 Å². The van der Waals surface area contributed by atoms with Crippen LogP contribution in [0.1, 0.15) is 60.9 Å². The van der Waals surface area contributed by atoms with Crippen LogP contribution in [0.3, 0.4) is 0 Å². The Labute approximate surface area is 289 Å². The number of hydrogen-bond donors (Lipinski definition) is 2. The Bertz CT molecular complexity index is 1750. The number of amides is 2. The summed E-state index contributed by atoms with van der Waals surface area (Å²) in [6, 6.07) is 4.93. The topological polar surface area (TPSA) is 150 Å². The lowest BCUT2D eigenvalue weighted by Gasteiger charge is -2.27. The molecule has 2 N–H and O–H groups in total. The number of hydrogen-bond acceptors (Lipinski definition) is 8. The smallest absolute Gasteiger partial charge is 0.270 e. The number of carbonyl (C=O) groups is 2. The predicted octanol–water partition coefficient (Wildman–Crippen LogP) is 5.07. The lowest BCUT2D eigenvalue weighted by atomic mass is 9.88. The Balaban J connectivity index is 1.32. The Hall–Kier alpha value is -3.43. The third kappa shape index (κ3) is 9.85. The molecule has 2 saturated carbocycles. The summed E-state index contributed by atoms with van der Waals surface area (Å²) in [7, 11) is -4.39. The van der Waals surface area contributed by atoms with Gasteiger partial charge >= 0.3 is 0 Å². The number of sulfone groups is 1. The minimum Gasteiger partial charge on any atom is -0.360 e. The predicted molar refractivity (Wildman–Crippen MR) is 189 cm³/mol. The zero-order valence-corrected chi connectivity index (χ0v) is 31.3. The van der Waals surface area contributed by atoms with Gasteiger partial charge in [-0.25, -0.2) is 18.1 Å². The molecule has 12 nitrogen and oxygen atoms in total. The Kier molecular flexibility index (Phi) is 11.4. The van der Waals surface area contributed by atoms with E-state index in [1.54, 1.807) is 22.9 Å².